The number of aryl methyl sites for hydroxylation is 1. The molecule has 87 valence electrons. The van der Waals surface area contributed by atoms with Crippen LogP contribution in [-0.4, -0.2) is 10.2 Å². The summed E-state index contributed by atoms with van der Waals surface area (Å²) in [4.78, 5) is 0. The van der Waals surface area contributed by atoms with Crippen LogP contribution in [0.2, 0.25) is 6.04 Å². The fourth-order valence-corrected chi connectivity index (χ4v) is 2.79. The fraction of sp³-hybridized carbons (Fsp3) is 0.176. The van der Waals surface area contributed by atoms with Crippen molar-refractivity contribution in [3.05, 3.63) is 60.2 Å². The van der Waals surface area contributed by atoms with E-state index in [0.29, 0.717) is 0 Å². The van der Waals surface area contributed by atoms with Crippen molar-refractivity contribution in [3.8, 4) is 0 Å². The Bertz CT molecular complexity index is 685. The van der Waals surface area contributed by atoms with Gasteiger partial charge in [0.25, 0.3) is 0 Å². The second-order valence-electron chi connectivity index (χ2n) is 4.66. The zero-order valence-corrected chi connectivity index (χ0v) is 11.3. The van der Waals surface area contributed by atoms with Gasteiger partial charge >= 0.3 is 0 Å². The molecule has 18 heavy (non-hydrogen) atoms. The van der Waals surface area contributed by atoms with E-state index in [-0.39, 0.29) is 0 Å². The average molecular weight is 247 g/mol. The smallest absolute Gasteiger partial charge is 0.0222 e. The Hall–Kier alpha value is -1.60. The van der Waals surface area contributed by atoms with Crippen LogP contribution >= 0.6 is 0 Å². The lowest BCUT2D eigenvalue weighted by atomic mass is 9.95. The molecule has 0 unspecified atom stereocenters. The molecule has 0 amide bonds. The van der Waals surface area contributed by atoms with Crippen molar-refractivity contribution in [2.75, 3.05) is 0 Å². The molecular formula is C17H15Si. The molecule has 0 bridgehead atoms. The number of hydrogen-bond donors (Lipinski definition) is 0. The van der Waals surface area contributed by atoms with Gasteiger partial charge < -0.3 is 0 Å². The van der Waals surface area contributed by atoms with E-state index in [0.717, 1.165) is 12.5 Å². The van der Waals surface area contributed by atoms with Crippen LogP contribution in [0.4, 0.5) is 0 Å². The highest BCUT2D eigenvalue weighted by molar-refractivity contribution is 6.09. The van der Waals surface area contributed by atoms with Crippen molar-refractivity contribution in [3.63, 3.8) is 0 Å². The zero-order chi connectivity index (χ0) is 12.4. The van der Waals surface area contributed by atoms with E-state index in [1.165, 1.54) is 33.5 Å². The molecule has 3 aromatic rings. The van der Waals surface area contributed by atoms with Crippen molar-refractivity contribution in [1.82, 2.24) is 0 Å². The van der Waals surface area contributed by atoms with Gasteiger partial charge in [-0.1, -0.05) is 67.1 Å². The molecule has 0 aliphatic rings. The maximum atomic E-state index is 3.57. The van der Waals surface area contributed by atoms with Crippen LogP contribution in [0.5, 0.6) is 0 Å². The third-order valence-corrected chi connectivity index (χ3v) is 3.83. The maximum Gasteiger partial charge on any atom is 0.0222 e. The lowest BCUT2D eigenvalue weighted by Crippen LogP contribution is -1.89. The molecule has 0 saturated heterocycles. The zero-order valence-electron chi connectivity index (χ0n) is 10.3. The van der Waals surface area contributed by atoms with Crippen LogP contribution in [0.1, 0.15) is 12.0 Å². The Kier molecular flexibility index (Phi) is 3.16. The first kappa shape index (κ1) is 11.5. The molecule has 0 heterocycles. The van der Waals surface area contributed by atoms with Gasteiger partial charge in [0, 0.05) is 10.2 Å². The molecule has 0 nitrogen and oxygen atoms in total. The molecule has 0 aliphatic carbocycles. The summed E-state index contributed by atoms with van der Waals surface area (Å²) in [6, 6.07) is 20.8. The molecular weight excluding hydrogens is 232 g/mol. The van der Waals surface area contributed by atoms with Gasteiger partial charge in [-0.05, 0) is 33.5 Å². The fourth-order valence-electron chi connectivity index (χ4n) is 2.62. The van der Waals surface area contributed by atoms with Gasteiger partial charge in [-0.2, -0.15) is 0 Å². The molecule has 0 saturated carbocycles. The first-order valence-corrected chi connectivity index (χ1v) is 7.15. The second-order valence-corrected chi connectivity index (χ2v) is 5.16. The van der Waals surface area contributed by atoms with E-state index in [1.54, 1.807) is 0 Å². The van der Waals surface area contributed by atoms with E-state index in [1.807, 2.05) is 0 Å². The highest BCUT2D eigenvalue weighted by Crippen LogP contribution is 2.29. The van der Waals surface area contributed by atoms with Gasteiger partial charge in [0.1, 0.15) is 0 Å². The first-order valence-electron chi connectivity index (χ1n) is 6.44. The minimum atomic E-state index is 1.06. The predicted octanol–water partition coefficient (Wildman–Crippen LogP) is 4.51. The minimum Gasteiger partial charge on any atom is -0.0635 e. The summed E-state index contributed by atoms with van der Waals surface area (Å²) in [6.07, 6.45) is 2.31. The Balaban J connectivity index is 2.32. The average Bonchev–Trinajstić information content (AvgIpc) is 2.45. The molecule has 3 rings (SSSR count). The van der Waals surface area contributed by atoms with Gasteiger partial charge in [0.15, 0.2) is 0 Å². The highest BCUT2D eigenvalue weighted by Gasteiger charge is 2.05. The van der Waals surface area contributed by atoms with E-state index in [9.17, 15) is 0 Å². The molecule has 0 spiro atoms. The predicted molar refractivity (Wildman–Crippen MR) is 80.3 cm³/mol. The molecule has 0 atom stereocenters. The maximum absolute atomic E-state index is 3.57. The Morgan fingerprint density at radius 2 is 1.44 bits per heavy atom. The van der Waals surface area contributed by atoms with Crippen LogP contribution in [0.15, 0.2) is 54.6 Å². The molecule has 0 N–H and O–H groups in total. The number of fused-ring (bicyclic) bond motifs is 3. The summed E-state index contributed by atoms with van der Waals surface area (Å²) in [5.41, 5.74) is 1.46. The third-order valence-electron chi connectivity index (χ3n) is 3.48. The van der Waals surface area contributed by atoms with E-state index < -0.39 is 0 Å². The molecule has 3 radical (unpaired) electrons. The second kappa shape index (κ2) is 4.95. The summed E-state index contributed by atoms with van der Waals surface area (Å²) in [7, 11) is 3.57. The summed E-state index contributed by atoms with van der Waals surface area (Å²) >= 11 is 0. The first-order chi connectivity index (χ1) is 8.90. The van der Waals surface area contributed by atoms with E-state index in [4.69, 9.17) is 0 Å². The lowest BCUT2D eigenvalue weighted by molar-refractivity contribution is 0.928. The normalized spacial score (nSPS) is 11.2. The molecule has 0 aliphatic heterocycles. The number of benzene rings is 3. The van der Waals surface area contributed by atoms with Crippen molar-refractivity contribution in [1.29, 1.82) is 0 Å². The van der Waals surface area contributed by atoms with Gasteiger partial charge in [-0.3, -0.25) is 0 Å². The van der Waals surface area contributed by atoms with Gasteiger partial charge in [0.2, 0.25) is 0 Å². The van der Waals surface area contributed by atoms with Crippen LogP contribution in [0.25, 0.3) is 21.5 Å². The SMILES string of the molecule is [Si]CCCc1cc2ccccc2c2ccccc12. The molecule has 3 aromatic carbocycles. The monoisotopic (exact) mass is 247 g/mol. The van der Waals surface area contributed by atoms with Gasteiger partial charge in [-0.15, -0.1) is 0 Å². The Labute approximate surface area is 111 Å². The third kappa shape index (κ3) is 1.95. The van der Waals surface area contributed by atoms with Gasteiger partial charge in [-0.25, -0.2) is 0 Å². The molecule has 0 aromatic heterocycles. The number of rotatable bonds is 3. The van der Waals surface area contributed by atoms with Crippen LogP contribution in [0, 0.1) is 0 Å². The highest BCUT2D eigenvalue weighted by atomic mass is 28.1. The summed E-state index contributed by atoms with van der Waals surface area (Å²) in [6.45, 7) is 0. The van der Waals surface area contributed by atoms with Crippen molar-refractivity contribution < 1.29 is 0 Å². The summed E-state index contributed by atoms with van der Waals surface area (Å²) in [5, 5.41) is 5.48. The molecule has 0 fully saturated rings. The standard InChI is InChI=1S/C17H15Si/c18-11-5-7-14-12-13-6-1-2-8-15(13)17-10-4-3-9-16(14)17/h1-4,6,8-10,12H,5,7,11H2. The van der Waals surface area contributed by atoms with Crippen molar-refractivity contribution >= 4 is 31.8 Å². The quantitative estimate of drug-likeness (QED) is 0.472. The van der Waals surface area contributed by atoms with E-state index >= 15 is 0 Å². The van der Waals surface area contributed by atoms with Crippen LogP contribution in [-0.2, 0) is 6.42 Å². The van der Waals surface area contributed by atoms with Crippen LogP contribution in [0.3, 0.4) is 0 Å². The van der Waals surface area contributed by atoms with E-state index in [2.05, 4.69) is 64.8 Å². The van der Waals surface area contributed by atoms with Gasteiger partial charge in [0.05, 0.1) is 0 Å². The van der Waals surface area contributed by atoms with Crippen molar-refractivity contribution in [2.24, 2.45) is 0 Å². The lowest BCUT2D eigenvalue weighted by Gasteiger charge is -2.10. The summed E-state index contributed by atoms with van der Waals surface area (Å²) in [5.74, 6) is 0. The minimum absolute atomic E-state index is 1.06. The Morgan fingerprint density at radius 3 is 2.22 bits per heavy atom. The largest absolute Gasteiger partial charge is 0.0635 e. The Morgan fingerprint density at radius 1 is 0.778 bits per heavy atom. The van der Waals surface area contributed by atoms with Crippen LogP contribution < -0.4 is 0 Å². The van der Waals surface area contributed by atoms with Crippen molar-refractivity contribution in [2.45, 2.75) is 18.9 Å². The molecule has 1 heteroatoms. The topological polar surface area (TPSA) is 0 Å². The number of hydrogen-bond acceptors (Lipinski definition) is 0. The summed E-state index contributed by atoms with van der Waals surface area (Å²) < 4.78 is 0.